The van der Waals surface area contributed by atoms with Gasteiger partial charge >= 0.3 is 0 Å². The number of hydrazine groups is 2. The molecule has 0 bridgehead atoms. The summed E-state index contributed by atoms with van der Waals surface area (Å²) >= 11 is 0. The third-order valence-electron chi connectivity index (χ3n) is 2.87. The van der Waals surface area contributed by atoms with Gasteiger partial charge in [0.05, 0.1) is 11.9 Å². The van der Waals surface area contributed by atoms with E-state index in [4.69, 9.17) is 17.3 Å². The molecule has 0 radical (unpaired) electrons. The van der Waals surface area contributed by atoms with Gasteiger partial charge in [0.25, 0.3) is 0 Å². The lowest BCUT2D eigenvalue weighted by atomic mass is 10.1. The van der Waals surface area contributed by atoms with Gasteiger partial charge < -0.3 is 11.5 Å². The number of nitrogens with zero attached hydrogens (tertiary/aromatic N) is 1. The van der Waals surface area contributed by atoms with E-state index in [1.54, 1.807) is 24.3 Å². The van der Waals surface area contributed by atoms with Gasteiger partial charge in [-0.15, -0.1) is 0 Å². The number of carbonyl (C=O) groups excluding carboxylic acids is 1. The Morgan fingerprint density at radius 3 is 2.20 bits per heavy atom. The van der Waals surface area contributed by atoms with E-state index in [0.717, 1.165) is 11.3 Å². The maximum atomic E-state index is 11.0. The standard InChI is InChI=1S/C14H17N5O/c15-13(10-6-8-11(9-7-10)14(16)20)18-19(17)12-4-2-1-3-5-12/h1-9,13,18H,15,17H2,(H2,16,20). The van der Waals surface area contributed by atoms with Crippen molar-refractivity contribution in [3.8, 4) is 0 Å². The molecule has 0 spiro atoms. The fourth-order valence-corrected chi connectivity index (χ4v) is 1.74. The van der Waals surface area contributed by atoms with Crippen LogP contribution in [0.15, 0.2) is 54.6 Å². The van der Waals surface area contributed by atoms with Crippen molar-refractivity contribution in [1.82, 2.24) is 5.43 Å². The van der Waals surface area contributed by atoms with E-state index in [1.807, 2.05) is 30.3 Å². The van der Waals surface area contributed by atoms with Gasteiger partial charge in [-0.2, -0.15) is 5.43 Å². The first kappa shape index (κ1) is 14.0. The summed E-state index contributed by atoms with van der Waals surface area (Å²) in [6.45, 7) is 0. The quantitative estimate of drug-likeness (QED) is 0.362. The van der Waals surface area contributed by atoms with Crippen LogP contribution in [0.1, 0.15) is 22.1 Å². The van der Waals surface area contributed by atoms with Crippen LogP contribution in [-0.4, -0.2) is 5.91 Å². The maximum absolute atomic E-state index is 11.0. The summed E-state index contributed by atoms with van der Waals surface area (Å²) in [7, 11) is 0. The first-order chi connectivity index (χ1) is 9.58. The minimum atomic E-state index is -0.498. The number of anilines is 1. The molecule has 1 unspecified atom stereocenters. The number of benzene rings is 2. The van der Waals surface area contributed by atoms with Crippen molar-refractivity contribution in [2.75, 3.05) is 5.12 Å². The lowest BCUT2D eigenvalue weighted by Crippen LogP contribution is -2.48. The molecule has 6 nitrogen and oxygen atoms in total. The van der Waals surface area contributed by atoms with Crippen LogP contribution < -0.4 is 27.9 Å². The number of rotatable bonds is 5. The fraction of sp³-hybridized carbons (Fsp3) is 0.0714. The molecule has 2 aromatic rings. The minimum absolute atomic E-state index is 0.439. The molecular weight excluding hydrogens is 254 g/mol. The van der Waals surface area contributed by atoms with E-state index in [-0.39, 0.29) is 0 Å². The highest BCUT2D eigenvalue weighted by molar-refractivity contribution is 5.92. The average molecular weight is 271 g/mol. The molecule has 0 fully saturated rings. The molecule has 6 heteroatoms. The summed E-state index contributed by atoms with van der Waals surface area (Å²) < 4.78 is 0. The molecule has 1 atom stereocenters. The number of primary amides is 1. The molecule has 0 aliphatic heterocycles. The second kappa shape index (κ2) is 6.16. The van der Waals surface area contributed by atoms with E-state index in [2.05, 4.69) is 5.43 Å². The third kappa shape index (κ3) is 3.33. The third-order valence-corrected chi connectivity index (χ3v) is 2.87. The summed E-state index contributed by atoms with van der Waals surface area (Å²) in [6, 6.07) is 16.1. The van der Waals surface area contributed by atoms with Gasteiger partial charge in [0.2, 0.25) is 5.91 Å². The minimum Gasteiger partial charge on any atom is -0.366 e. The Balaban J connectivity index is 2.04. The molecule has 7 N–H and O–H groups in total. The second-order valence-electron chi connectivity index (χ2n) is 4.30. The topological polar surface area (TPSA) is 110 Å². The zero-order valence-electron chi connectivity index (χ0n) is 10.9. The van der Waals surface area contributed by atoms with Crippen LogP contribution in [0.5, 0.6) is 0 Å². The number of amides is 1. The number of hydrogen-bond acceptors (Lipinski definition) is 5. The lowest BCUT2D eigenvalue weighted by molar-refractivity contribution is 0.100. The number of para-hydroxylation sites is 1. The molecule has 0 aromatic heterocycles. The normalized spacial score (nSPS) is 11.9. The Labute approximate surface area is 117 Å². The SMILES string of the molecule is NC(=O)c1ccc(C(N)NN(N)c2ccccc2)cc1. The zero-order valence-corrected chi connectivity index (χ0v) is 10.9. The van der Waals surface area contributed by atoms with Crippen molar-refractivity contribution in [3.05, 3.63) is 65.7 Å². The highest BCUT2D eigenvalue weighted by atomic mass is 16.1. The van der Waals surface area contributed by atoms with Crippen LogP contribution in [0.4, 0.5) is 5.69 Å². The van der Waals surface area contributed by atoms with Crippen LogP contribution in [0, 0.1) is 0 Å². The summed E-state index contributed by atoms with van der Waals surface area (Å²) in [6.07, 6.45) is -0.498. The Hall–Kier alpha value is -2.41. The fourth-order valence-electron chi connectivity index (χ4n) is 1.74. The van der Waals surface area contributed by atoms with Crippen LogP contribution in [0.25, 0.3) is 0 Å². The Morgan fingerprint density at radius 2 is 1.65 bits per heavy atom. The lowest BCUT2D eigenvalue weighted by Gasteiger charge is -2.24. The Morgan fingerprint density at radius 1 is 1.05 bits per heavy atom. The molecule has 0 heterocycles. The number of nitrogens with one attached hydrogen (secondary N) is 1. The monoisotopic (exact) mass is 271 g/mol. The van der Waals surface area contributed by atoms with E-state index in [1.165, 1.54) is 5.12 Å². The molecule has 2 aromatic carbocycles. The molecule has 0 saturated heterocycles. The average Bonchev–Trinajstić information content (AvgIpc) is 2.48. The highest BCUT2D eigenvalue weighted by Gasteiger charge is 2.10. The van der Waals surface area contributed by atoms with Crippen LogP contribution in [0.3, 0.4) is 0 Å². The van der Waals surface area contributed by atoms with Crippen molar-refractivity contribution in [2.45, 2.75) is 6.17 Å². The molecule has 0 aliphatic rings. The molecule has 0 saturated carbocycles. The summed E-state index contributed by atoms with van der Waals surface area (Å²) in [4.78, 5) is 11.0. The summed E-state index contributed by atoms with van der Waals surface area (Å²) in [5, 5.41) is 1.35. The van der Waals surface area contributed by atoms with Gasteiger partial charge in [-0.25, -0.2) is 11.0 Å². The molecule has 0 aliphatic carbocycles. The van der Waals surface area contributed by atoms with Crippen molar-refractivity contribution in [3.63, 3.8) is 0 Å². The molecule has 104 valence electrons. The van der Waals surface area contributed by atoms with Crippen LogP contribution in [-0.2, 0) is 0 Å². The van der Waals surface area contributed by atoms with Crippen molar-refractivity contribution < 1.29 is 4.79 Å². The van der Waals surface area contributed by atoms with Crippen molar-refractivity contribution >= 4 is 11.6 Å². The van der Waals surface area contributed by atoms with Gasteiger partial charge in [0.1, 0.15) is 0 Å². The van der Waals surface area contributed by atoms with Crippen LogP contribution >= 0.6 is 0 Å². The van der Waals surface area contributed by atoms with Gasteiger partial charge in [-0.1, -0.05) is 30.3 Å². The van der Waals surface area contributed by atoms with E-state index in [0.29, 0.717) is 5.56 Å². The second-order valence-corrected chi connectivity index (χ2v) is 4.30. The largest absolute Gasteiger partial charge is 0.366 e. The maximum Gasteiger partial charge on any atom is 0.248 e. The number of carbonyl (C=O) groups is 1. The first-order valence-electron chi connectivity index (χ1n) is 6.09. The summed E-state index contributed by atoms with van der Waals surface area (Å²) in [5.41, 5.74) is 16.1. The summed E-state index contributed by atoms with van der Waals surface area (Å²) in [5.74, 6) is 5.41. The van der Waals surface area contributed by atoms with Gasteiger partial charge in [0.15, 0.2) is 0 Å². The van der Waals surface area contributed by atoms with Gasteiger partial charge in [-0.05, 0) is 29.8 Å². The predicted molar refractivity (Wildman–Crippen MR) is 78.1 cm³/mol. The number of nitrogens with two attached hydrogens (primary N) is 3. The van der Waals surface area contributed by atoms with Crippen molar-refractivity contribution in [2.24, 2.45) is 17.3 Å². The Bertz CT molecular complexity index is 570. The van der Waals surface area contributed by atoms with E-state index >= 15 is 0 Å². The highest BCUT2D eigenvalue weighted by Crippen LogP contribution is 2.12. The predicted octanol–water partition coefficient (Wildman–Crippen LogP) is 0.628. The molecule has 1 amide bonds. The van der Waals surface area contributed by atoms with Crippen LogP contribution in [0.2, 0.25) is 0 Å². The van der Waals surface area contributed by atoms with Crippen molar-refractivity contribution in [1.29, 1.82) is 0 Å². The van der Waals surface area contributed by atoms with Gasteiger partial charge in [-0.3, -0.25) is 4.79 Å². The Kier molecular flexibility index (Phi) is 4.31. The molecule has 20 heavy (non-hydrogen) atoms. The van der Waals surface area contributed by atoms with Gasteiger partial charge in [0, 0.05) is 5.56 Å². The first-order valence-corrected chi connectivity index (χ1v) is 6.09. The van der Waals surface area contributed by atoms with E-state index in [9.17, 15) is 4.79 Å². The van der Waals surface area contributed by atoms with E-state index < -0.39 is 12.1 Å². The number of hydrogen-bond donors (Lipinski definition) is 4. The smallest absolute Gasteiger partial charge is 0.248 e. The molecular formula is C14H17N5O. The zero-order chi connectivity index (χ0) is 14.5. The molecule has 2 rings (SSSR count).